The van der Waals surface area contributed by atoms with Crippen LogP contribution in [0, 0.1) is 5.41 Å². The van der Waals surface area contributed by atoms with Gasteiger partial charge in [-0.1, -0.05) is 13.8 Å². The number of hydrogen-bond donors (Lipinski definition) is 2. The van der Waals surface area contributed by atoms with Crippen LogP contribution in [0.4, 0.5) is 5.69 Å². The molecule has 1 aromatic rings. The van der Waals surface area contributed by atoms with E-state index in [0.29, 0.717) is 5.69 Å². The highest BCUT2D eigenvalue weighted by molar-refractivity contribution is 5.76. The van der Waals surface area contributed by atoms with Crippen LogP contribution < -0.4 is 16.6 Å². The first kappa shape index (κ1) is 11.7. The lowest BCUT2D eigenvalue weighted by Crippen LogP contribution is -2.34. The van der Waals surface area contributed by atoms with E-state index in [1.807, 2.05) is 0 Å². The lowest BCUT2D eigenvalue weighted by molar-refractivity contribution is -0.122. The molecule has 1 amide bonds. The molecule has 1 unspecified atom stereocenters. The average molecular weight is 235 g/mol. The molecule has 0 aromatic carbocycles. The maximum atomic E-state index is 11.7. The normalized spacial score (nSPS) is 20.9. The van der Waals surface area contributed by atoms with Gasteiger partial charge in [0.1, 0.15) is 6.54 Å². The van der Waals surface area contributed by atoms with E-state index in [-0.39, 0.29) is 29.5 Å². The Kier molecular flexibility index (Phi) is 2.69. The number of nitrogens with one attached hydrogen (secondary N) is 1. The van der Waals surface area contributed by atoms with Gasteiger partial charge >= 0.3 is 0 Å². The SMILES string of the molecule is CC1(C)CC1NC(=O)Cn1cc(N)ccc1=O. The summed E-state index contributed by atoms with van der Waals surface area (Å²) in [5.74, 6) is -0.145. The Morgan fingerprint density at radius 3 is 2.82 bits per heavy atom. The third-order valence-corrected chi connectivity index (χ3v) is 3.17. The van der Waals surface area contributed by atoms with E-state index in [9.17, 15) is 9.59 Å². The number of aromatic nitrogens is 1. The topological polar surface area (TPSA) is 77.1 Å². The number of pyridine rings is 1. The van der Waals surface area contributed by atoms with Crippen LogP contribution in [0.5, 0.6) is 0 Å². The summed E-state index contributed by atoms with van der Waals surface area (Å²) in [6, 6.07) is 3.12. The minimum atomic E-state index is -0.218. The van der Waals surface area contributed by atoms with Gasteiger partial charge in [-0.3, -0.25) is 9.59 Å². The molecule has 92 valence electrons. The van der Waals surface area contributed by atoms with E-state index in [1.165, 1.54) is 22.9 Å². The minimum Gasteiger partial charge on any atom is -0.398 e. The van der Waals surface area contributed by atoms with Gasteiger partial charge < -0.3 is 15.6 Å². The van der Waals surface area contributed by atoms with Crippen molar-refractivity contribution in [2.75, 3.05) is 5.73 Å². The average Bonchev–Trinajstić information content (AvgIpc) is 2.79. The largest absolute Gasteiger partial charge is 0.398 e. The fourth-order valence-corrected chi connectivity index (χ4v) is 1.78. The zero-order valence-corrected chi connectivity index (χ0v) is 10.1. The second-order valence-corrected chi connectivity index (χ2v) is 5.24. The molecule has 1 atom stereocenters. The van der Waals surface area contributed by atoms with Gasteiger partial charge in [0, 0.05) is 24.0 Å². The fraction of sp³-hybridized carbons (Fsp3) is 0.500. The molecule has 1 fully saturated rings. The highest BCUT2D eigenvalue weighted by Crippen LogP contribution is 2.44. The number of carbonyl (C=O) groups is 1. The Hall–Kier alpha value is -1.78. The van der Waals surface area contributed by atoms with Gasteiger partial charge in [-0.25, -0.2) is 0 Å². The van der Waals surface area contributed by atoms with Gasteiger partial charge in [-0.2, -0.15) is 0 Å². The lowest BCUT2D eigenvalue weighted by atomic mass is 10.2. The Labute approximate surface area is 99.6 Å². The number of nitrogens with two attached hydrogens (primary N) is 1. The predicted octanol–water partition coefficient (Wildman–Crippen LogP) is 0.345. The molecular formula is C12H17N3O2. The number of nitrogens with zero attached hydrogens (tertiary/aromatic N) is 1. The van der Waals surface area contributed by atoms with Crippen molar-refractivity contribution in [2.45, 2.75) is 32.9 Å². The van der Waals surface area contributed by atoms with Gasteiger partial charge in [0.05, 0.1) is 0 Å². The number of rotatable bonds is 3. The molecule has 0 saturated heterocycles. The predicted molar refractivity (Wildman–Crippen MR) is 65.4 cm³/mol. The lowest BCUT2D eigenvalue weighted by Gasteiger charge is -2.08. The van der Waals surface area contributed by atoms with Crippen molar-refractivity contribution in [3.63, 3.8) is 0 Å². The molecule has 0 radical (unpaired) electrons. The molecule has 1 heterocycles. The maximum Gasteiger partial charge on any atom is 0.251 e. The summed E-state index contributed by atoms with van der Waals surface area (Å²) in [5.41, 5.74) is 6.02. The Morgan fingerprint density at radius 1 is 1.59 bits per heavy atom. The molecule has 1 aliphatic rings. The summed E-state index contributed by atoms with van der Waals surface area (Å²) < 4.78 is 1.32. The number of anilines is 1. The number of amides is 1. The maximum absolute atomic E-state index is 11.7. The molecule has 5 nitrogen and oxygen atoms in total. The Morgan fingerprint density at radius 2 is 2.24 bits per heavy atom. The van der Waals surface area contributed by atoms with E-state index in [1.54, 1.807) is 0 Å². The number of carbonyl (C=O) groups excluding carboxylic acids is 1. The van der Waals surface area contributed by atoms with E-state index in [2.05, 4.69) is 19.2 Å². The molecular weight excluding hydrogens is 218 g/mol. The standard InChI is InChI=1S/C12H17N3O2/c1-12(2)5-9(12)14-10(16)7-15-6-8(13)3-4-11(15)17/h3-4,6,9H,5,7,13H2,1-2H3,(H,14,16). The van der Waals surface area contributed by atoms with Gasteiger partial charge in [-0.15, -0.1) is 0 Å². The summed E-state index contributed by atoms with van der Waals surface area (Å²) in [6.45, 7) is 4.23. The van der Waals surface area contributed by atoms with Gasteiger partial charge in [0.15, 0.2) is 0 Å². The molecule has 17 heavy (non-hydrogen) atoms. The van der Waals surface area contributed by atoms with Crippen molar-refractivity contribution >= 4 is 11.6 Å². The van der Waals surface area contributed by atoms with Crippen molar-refractivity contribution in [1.82, 2.24) is 9.88 Å². The molecule has 2 rings (SSSR count). The van der Waals surface area contributed by atoms with Crippen molar-refractivity contribution in [1.29, 1.82) is 0 Å². The van der Waals surface area contributed by atoms with Crippen LogP contribution in [0.1, 0.15) is 20.3 Å². The van der Waals surface area contributed by atoms with E-state index < -0.39 is 0 Å². The molecule has 3 N–H and O–H groups in total. The van der Waals surface area contributed by atoms with Crippen LogP contribution in [0.15, 0.2) is 23.1 Å². The Bertz CT molecular complexity index is 505. The monoisotopic (exact) mass is 235 g/mol. The molecule has 0 bridgehead atoms. The molecule has 1 saturated carbocycles. The zero-order valence-electron chi connectivity index (χ0n) is 10.1. The van der Waals surface area contributed by atoms with Crippen LogP contribution in [0.3, 0.4) is 0 Å². The van der Waals surface area contributed by atoms with Crippen LogP contribution in [0.2, 0.25) is 0 Å². The third-order valence-electron chi connectivity index (χ3n) is 3.17. The Balaban J connectivity index is 1.99. The molecule has 5 heteroatoms. The van der Waals surface area contributed by atoms with Crippen molar-refractivity contribution in [2.24, 2.45) is 5.41 Å². The van der Waals surface area contributed by atoms with Gasteiger partial charge in [-0.05, 0) is 17.9 Å². The highest BCUT2D eigenvalue weighted by atomic mass is 16.2. The second-order valence-electron chi connectivity index (χ2n) is 5.24. The van der Waals surface area contributed by atoms with Crippen molar-refractivity contribution in [3.05, 3.63) is 28.7 Å². The second kappa shape index (κ2) is 3.91. The number of hydrogen-bond acceptors (Lipinski definition) is 3. The fourth-order valence-electron chi connectivity index (χ4n) is 1.78. The summed E-state index contributed by atoms with van der Waals surface area (Å²) in [5, 5.41) is 2.90. The quantitative estimate of drug-likeness (QED) is 0.793. The van der Waals surface area contributed by atoms with Crippen LogP contribution in [-0.4, -0.2) is 16.5 Å². The zero-order chi connectivity index (χ0) is 12.6. The first-order valence-corrected chi connectivity index (χ1v) is 5.64. The molecule has 1 aromatic heterocycles. The molecule has 1 aliphatic carbocycles. The molecule has 0 spiro atoms. The minimum absolute atomic E-state index is 0.0243. The van der Waals surface area contributed by atoms with Crippen LogP contribution in [-0.2, 0) is 11.3 Å². The van der Waals surface area contributed by atoms with Crippen LogP contribution >= 0.6 is 0 Å². The van der Waals surface area contributed by atoms with E-state index in [0.717, 1.165) is 6.42 Å². The van der Waals surface area contributed by atoms with Gasteiger partial charge in [0.2, 0.25) is 5.91 Å². The van der Waals surface area contributed by atoms with Crippen molar-refractivity contribution < 1.29 is 4.79 Å². The van der Waals surface area contributed by atoms with Crippen LogP contribution in [0.25, 0.3) is 0 Å². The third kappa shape index (κ3) is 2.67. The summed E-state index contributed by atoms with van der Waals surface area (Å²) >= 11 is 0. The first-order chi connectivity index (χ1) is 7.88. The number of nitrogen functional groups attached to an aromatic ring is 1. The van der Waals surface area contributed by atoms with Gasteiger partial charge in [0.25, 0.3) is 5.56 Å². The summed E-state index contributed by atoms with van der Waals surface area (Å²) in [7, 11) is 0. The first-order valence-electron chi connectivity index (χ1n) is 5.64. The van der Waals surface area contributed by atoms with E-state index >= 15 is 0 Å². The van der Waals surface area contributed by atoms with E-state index in [4.69, 9.17) is 5.73 Å². The highest BCUT2D eigenvalue weighted by Gasteiger charge is 2.46. The summed E-state index contributed by atoms with van der Waals surface area (Å²) in [6.07, 6.45) is 2.48. The van der Waals surface area contributed by atoms with Crippen molar-refractivity contribution in [3.8, 4) is 0 Å². The summed E-state index contributed by atoms with van der Waals surface area (Å²) in [4.78, 5) is 23.2. The molecule has 0 aliphatic heterocycles. The smallest absolute Gasteiger partial charge is 0.251 e.